The fraction of sp³-hybridized carbons (Fsp3) is 0.684. The quantitative estimate of drug-likeness (QED) is 0.412. The highest BCUT2D eigenvalue weighted by Gasteiger charge is 2.33. The molecular formula is C19H28O6S2. The summed E-state index contributed by atoms with van der Waals surface area (Å²) in [6.45, 7) is 0.850. The zero-order valence-electron chi connectivity index (χ0n) is 15.9. The Morgan fingerprint density at radius 2 is 1.22 bits per heavy atom. The maximum Gasteiger partial charge on any atom is 0.162 e. The SMILES string of the molecule is CSCOCC1CC(=O)C(CC2=C(O)CC(COCSC)CC2=O)=C(O)C1. The summed E-state index contributed by atoms with van der Waals surface area (Å²) < 4.78 is 10.9. The van der Waals surface area contributed by atoms with Crippen molar-refractivity contribution in [3.05, 3.63) is 22.7 Å². The monoisotopic (exact) mass is 416 g/mol. The van der Waals surface area contributed by atoms with Crippen molar-refractivity contribution in [1.29, 1.82) is 0 Å². The van der Waals surface area contributed by atoms with Gasteiger partial charge in [0, 0.05) is 43.3 Å². The van der Waals surface area contributed by atoms with Crippen molar-refractivity contribution in [2.75, 3.05) is 37.6 Å². The van der Waals surface area contributed by atoms with Gasteiger partial charge in [0.05, 0.1) is 36.6 Å². The van der Waals surface area contributed by atoms with Gasteiger partial charge in [0.15, 0.2) is 11.6 Å². The molecule has 0 aliphatic heterocycles. The lowest BCUT2D eigenvalue weighted by Crippen LogP contribution is -2.27. The van der Waals surface area contributed by atoms with Gasteiger partial charge in [-0.2, -0.15) is 0 Å². The number of ether oxygens (including phenoxy) is 2. The van der Waals surface area contributed by atoms with Crippen molar-refractivity contribution in [2.24, 2.45) is 11.8 Å². The Kier molecular flexibility index (Phi) is 9.21. The summed E-state index contributed by atoms with van der Waals surface area (Å²) >= 11 is 3.12. The molecule has 0 heterocycles. The van der Waals surface area contributed by atoms with Crippen molar-refractivity contribution < 1.29 is 29.3 Å². The van der Waals surface area contributed by atoms with Crippen LogP contribution in [-0.2, 0) is 19.1 Å². The Labute approximate surface area is 168 Å². The van der Waals surface area contributed by atoms with Crippen LogP contribution in [-0.4, -0.2) is 59.4 Å². The lowest BCUT2D eigenvalue weighted by molar-refractivity contribution is -0.118. The minimum absolute atomic E-state index is 0.00606. The van der Waals surface area contributed by atoms with E-state index in [4.69, 9.17) is 9.47 Å². The third-order valence-electron chi connectivity index (χ3n) is 4.75. The fourth-order valence-corrected chi connectivity index (χ4v) is 3.97. The highest BCUT2D eigenvalue weighted by atomic mass is 32.2. The van der Waals surface area contributed by atoms with Crippen LogP contribution >= 0.6 is 23.5 Å². The largest absolute Gasteiger partial charge is 0.512 e. The lowest BCUT2D eigenvalue weighted by Gasteiger charge is -2.26. The maximum atomic E-state index is 12.5. The van der Waals surface area contributed by atoms with Gasteiger partial charge >= 0.3 is 0 Å². The minimum atomic E-state index is -0.171. The number of aliphatic hydroxyl groups excluding tert-OH is 2. The molecule has 2 N–H and O–H groups in total. The summed E-state index contributed by atoms with van der Waals surface area (Å²) in [6.07, 6.45) is 5.19. The Balaban J connectivity index is 2.00. The molecule has 0 saturated carbocycles. The van der Waals surface area contributed by atoms with Crippen LogP contribution in [0.2, 0.25) is 0 Å². The van der Waals surface area contributed by atoms with Crippen LogP contribution in [0.25, 0.3) is 0 Å². The summed E-state index contributed by atoms with van der Waals surface area (Å²) in [4.78, 5) is 24.9. The number of hydrogen-bond donors (Lipinski definition) is 2. The van der Waals surface area contributed by atoms with Gasteiger partial charge in [-0.15, -0.1) is 23.5 Å². The van der Waals surface area contributed by atoms with Crippen molar-refractivity contribution in [1.82, 2.24) is 0 Å². The molecule has 2 unspecified atom stereocenters. The van der Waals surface area contributed by atoms with Crippen LogP contribution in [0.5, 0.6) is 0 Å². The van der Waals surface area contributed by atoms with Gasteiger partial charge in [0.1, 0.15) is 0 Å². The summed E-state index contributed by atoms with van der Waals surface area (Å²) in [5.41, 5.74) is 0.506. The molecule has 0 aromatic carbocycles. The molecule has 0 saturated heterocycles. The Bertz CT molecular complexity index is 561. The number of hydrogen-bond acceptors (Lipinski definition) is 8. The van der Waals surface area contributed by atoms with Gasteiger partial charge in [0.2, 0.25) is 0 Å². The van der Waals surface area contributed by atoms with Crippen molar-refractivity contribution >= 4 is 35.1 Å². The number of aliphatic hydroxyl groups is 2. The topological polar surface area (TPSA) is 93.1 Å². The molecule has 2 rings (SSSR count). The van der Waals surface area contributed by atoms with E-state index in [0.717, 1.165) is 0 Å². The fourth-order valence-electron chi connectivity index (χ4n) is 3.44. The number of ketones is 2. The first-order chi connectivity index (χ1) is 13.0. The molecule has 0 spiro atoms. The van der Waals surface area contributed by atoms with Crippen LogP contribution < -0.4 is 0 Å². The molecule has 0 fully saturated rings. The van der Waals surface area contributed by atoms with E-state index < -0.39 is 0 Å². The van der Waals surface area contributed by atoms with E-state index in [0.29, 0.717) is 50.8 Å². The highest BCUT2D eigenvalue weighted by Crippen LogP contribution is 2.34. The molecule has 2 aliphatic carbocycles. The summed E-state index contributed by atoms with van der Waals surface area (Å²) in [5, 5.41) is 20.6. The van der Waals surface area contributed by atoms with Gasteiger partial charge in [0.25, 0.3) is 0 Å². The molecule has 27 heavy (non-hydrogen) atoms. The van der Waals surface area contributed by atoms with E-state index in [2.05, 4.69) is 0 Å². The average molecular weight is 417 g/mol. The number of Topliss-reactive ketones (excluding diaryl/α,β-unsaturated/α-hetero) is 2. The second kappa shape index (κ2) is 11.1. The molecule has 0 aromatic heterocycles. The first-order valence-corrected chi connectivity index (χ1v) is 11.8. The molecule has 0 radical (unpaired) electrons. The van der Waals surface area contributed by atoms with Gasteiger partial charge < -0.3 is 19.7 Å². The van der Waals surface area contributed by atoms with Crippen LogP contribution in [0.4, 0.5) is 0 Å². The predicted molar refractivity (Wildman–Crippen MR) is 108 cm³/mol. The predicted octanol–water partition coefficient (Wildman–Crippen LogP) is 3.63. The van der Waals surface area contributed by atoms with Crippen LogP contribution in [0.1, 0.15) is 32.1 Å². The van der Waals surface area contributed by atoms with Crippen molar-refractivity contribution in [3.63, 3.8) is 0 Å². The normalized spacial score (nSPS) is 24.1. The highest BCUT2D eigenvalue weighted by molar-refractivity contribution is 7.98. The maximum absolute atomic E-state index is 12.5. The van der Waals surface area contributed by atoms with Crippen molar-refractivity contribution in [3.8, 4) is 0 Å². The van der Waals surface area contributed by atoms with Gasteiger partial charge in [-0.05, 0) is 24.3 Å². The van der Waals surface area contributed by atoms with E-state index >= 15 is 0 Å². The van der Waals surface area contributed by atoms with E-state index in [1.807, 2.05) is 12.5 Å². The third-order valence-corrected chi connectivity index (χ3v) is 5.55. The molecule has 0 amide bonds. The van der Waals surface area contributed by atoms with E-state index in [1.54, 1.807) is 23.5 Å². The number of allylic oxidation sites excluding steroid dienone is 4. The number of thioether (sulfide) groups is 2. The molecule has 2 aliphatic rings. The van der Waals surface area contributed by atoms with E-state index in [-0.39, 0.29) is 52.5 Å². The zero-order chi connectivity index (χ0) is 19.8. The summed E-state index contributed by atoms with van der Waals surface area (Å²) in [7, 11) is 0. The second-order valence-electron chi connectivity index (χ2n) is 6.98. The second-order valence-corrected chi connectivity index (χ2v) is 8.60. The molecule has 0 aromatic rings. The average Bonchev–Trinajstić information content (AvgIpc) is 2.60. The van der Waals surface area contributed by atoms with Gasteiger partial charge in [-0.3, -0.25) is 9.59 Å². The smallest absolute Gasteiger partial charge is 0.162 e. The van der Waals surface area contributed by atoms with Crippen LogP contribution in [0.15, 0.2) is 22.7 Å². The Morgan fingerprint density at radius 3 is 1.56 bits per heavy atom. The van der Waals surface area contributed by atoms with Crippen molar-refractivity contribution in [2.45, 2.75) is 32.1 Å². The number of rotatable bonds is 10. The van der Waals surface area contributed by atoms with Crippen LogP contribution in [0, 0.1) is 11.8 Å². The lowest BCUT2D eigenvalue weighted by atomic mass is 9.80. The first kappa shape index (κ1) is 22.3. The molecular weight excluding hydrogens is 388 g/mol. The van der Waals surface area contributed by atoms with Gasteiger partial charge in [-0.25, -0.2) is 0 Å². The molecule has 2 atom stereocenters. The summed E-state index contributed by atoms with van der Waals surface area (Å²) in [6, 6.07) is 0. The Hall–Kier alpha value is -0.960. The zero-order valence-corrected chi connectivity index (χ0v) is 17.5. The van der Waals surface area contributed by atoms with Crippen LogP contribution in [0.3, 0.4) is 0 Å². The Morgan fingerprint density at radius 1 is 0.815 bits per heavy atom. The molecule has 6 nitrogen and oxygen atoms in total. The van der Waals surface area contributed by atoms with E-state index in [9.17, 15) is 19.8 Å². The molecule has 152 valence electrons. The first-order valence-electron chi connectivity index (χ1n) is 8.97. The minimum Gasteiger partial charge on any atom is -0.512 e. The molecule has 0 bridgehead atoms. The number of carbonyl (C=O) groups is 2. The third kappa shape index (κ3) is 6.55. The van der Waals surface area contributed by atoms with Gasteiger partial charge in [-0.1, -0.05) is 0 Å². The summed E-state index contributed by atoms with van der Waals surface area (Å²) in [5.74, 6) is 0.709. The number of carbonyl (C=O) groups excluding carboxylic acids is 2. The molecule has 8 heteroatoms. The standard InChI is InChI=1S/C19H28O6S2/c1-26-10-24-8-12-3-16(20)14(17(21)4-12)7-15-18(22)5-13(6-19(15)23)9-25-11-27-2/h12-13,20,22H,3-11H2,1-2H3. The van der Waals surface area contributed by atoms with E-state index in [1.165, 1.54) is 0 Å².